The molecule has 0 aliphatic carbocycles. The Labute approximate surface area is 124 Å². The van der Waals surface area contributed by atoms with Crippen LogP contribution in [0.3, 0.4) is 0 Å². The number of rotatable bonds is 5. The second-order valence-electron chi connectivity index (χ2n) is 5.04. The molecule has 1 atom stereocenters. The monoisotopic (exact) mass is 313 g/mol. The van der Waals surface area contributed by atoms with E-state index in [0.717, 1.165) is 0 Å². The van der Waals surface area contributed by atoms with E-state index in [1.807, 2.05) is 4.90 Å². The maximum absolute atomic E-state index is 12.2. The second-order valence-corrected chi connectivity index (χ2v) is 7.15. The number of hydrogen-bond donors (Lipinski definition) is 1. The number of carboxylic acid groups (broad SMARTS) is 1. The van der Waals surface area contributed by atoms with Gasteiger partial charge in [-0.2, -0.15) is 0 Å². The van der Waals surface area contributed by atoms with Gasteiger partial charge < -0.3 is 9.84 Å². The van der Waals surface area contributed by atoms with Crippen molar-refractivity contribution in [3.05, 3.63) is 30.3 Å². The van der Waals surface area contributed by atoms with Crippen LogP contribution in [0.2, 0.25) is 0 Å². The van der Waals surface area contributed by atoms with E-state index in [1.54, 1.807) is 30.3 Å². The number of carboxylic acids is 1. The normalized spacial score (nSPS) is 20.9. The molecule has 0 spiro atoms. The van der Waals surface area contributed by atoms with Gasteiger partial charge in [0.05, 0.1) is 29.8 Å². The Bertz CT molecular complexity index is 572. The molecule has 7 heteroatoms. The maximum atomic E-state index is 12.2. The fraction of sp³-hybridized carbons (Fsp3) is 0.500. The molecule has 0 aromatic heterocycles. The van der Waals surface area contributed by atoms with Gasteiger partial charge in [0.25, 0.3) is 0 Å². The van der Waals surface area contributed by atoms with E-state index in [4.69, 9.17) is 9.84 Å². The fourth-order valence-corrected chi connectivity index (χ4v) is 3.53. The fourth-order valence-electron chi connectivity index (χ4n) is 2.22. The second kappa shape index (κ2) is 7.02. The minimum Gasteiger partial charge on any atom is -0.481 e. The Morgan fingerprint density at radius 3 is 2.71 bits per heavy atom. The molecule has 1 fully saturated rings. The van der Waals surface area contributed by atoms with Gasteiger partial charge in [-0.05, 0) is 12.1 Å². The van der Waals surface area contributed by atoms with Crippen molar-refractivity contribution in [2.75, 3.05) is 38.6 Å². The summed E-state index contributed by atoms with van der Waals surface area (Å²) in [5.74, 6) is -1.54. The Morgan fingerprint density at radius 1 is 1.33 bits per heavy atom. The van der Waals surface area contributed by atoms with E-state index in [9.17, 15) is 13.2 Å². The minimum absolute atomic E-state index is 0.0245. The average molecular weight is 313 g/mol. The van der Waals surface area contributed by atoms with Crippen molar-refractivity contribution in [1.29, 1.82) is 0 Å². The molecule has 0 bridgehead atoms. The lowest BCUT2D eigenvalue weighted by Gasteiger charge is -2.21. The summed E-state index contributed by atoms with van der Waals surface area (Å²) in [7, 11) is -3.34. The van der Waals surface area contributed by atoms with E-state index in [1.165, 1.54) is 0 Å². The summed E-state index contributed by atoms with van der Waals surface area (Å²) in [5.41, 5.74) is 0. The minimum atomic E-state index is -3.34. The zero-order chi connectivity index (χ0) is 15.3. The highest BCUT2D eigenvalue weighted by Crippen LogP contribution is 2.12. The van der Waals surface area contributed by atoms with Crippen molar-refractivity contribution in [3.8, 4) is 0 Å². The largest absolute Gasteiger partial charge is 0.481 e. The molecule has 1 aliphatic rings. The van der Waals surface area contributed by atoms with Gasteiger partial charge in [0.1, 0.15) is 0 Å². The molecule has 0 saturated carbocycles. The van der Waals surface area contributed by atoms with E-state index >= 15 is 0 Å². The van der Waals surface area contributed by atoms with Gasteiger partial charge in [-0.1, -0.05) is 18.2 Å². The highest BCUT2D eigenvalue weighted by molar-refractivity contribution is 7.91. The molecule has 1 saturated heterocycles. The number of carbonyl (C=O) groups is 1. The van der Waals surface area contributed by atoms with Gasteiger partial charge >= 0.3 is 5.97 Å². The quantitative estimate of drug-likeness (QED) is 0.852. The molecule has 1 aromatic carbocycles. The van der Waals surface area contributed by atoms with Gasteiger partial charge in [0.2, 0.25) is 0 Å². The van der Waals surface area contributed by atoms with Crippen molar-refractivity contribution in [2.24, 2.45) is 5.92 Å². The Balaban J connectivity index is 1.97. The predicted octanol–water partition coefficient (Wildman–Crippen LogP) is 0.493. The molecule has 1 N–H and O–H groups in total. The molecule has 116 valence electrons. The zero-order valence-corrected chi connectivity index (χ0v) is 12.5. The van der Waals surface area contributed by atoms with E-state index in [0.29, 0.717) is 31.1 Å². The van der Waals surface area contributed by atoms with Crippen molar-refractivity contribution in [3.63, 3.8) is 0 Å². The summed E-state index contributed by atoms with van der Waals surface area (Å²) in [5, 5.41) is 9.06. The first kappa shape index (κ1) is 15.9. The van der Waals surface area contributed by atoms with E-state index < -0.39 is 21.7 Å². The van der Waals surface area contributed by atoms with Crippen LogP contribution < -0.4 is 0 Å². The van der Waals surface area contributed by atoms with Gasteiger partial charge in [0.15, 0.2) is 9.84 Å². The van der Waals surface area contributed by atoms with Crippen LogP contribution in [0.5, 0.6) is 0 Å². The molecule has 1 aliphatic heterocycles. The summed E-state index contributed by atoms with van der Waals surface area (Å²) in [4.78, 5) is 13.2. The molecular weight excluding hydrogens is 294 g/mol. The molecule has 0 amide bonds. The third-order valence-electron chi connectivity index (χ3n) is 3.48. The van der Waals surface area contributed by atoms with Gasteiger partial charge in [-0.25, -0.2) is 8.42 Å². The summed E-state index contributed by atoms with van der Waals surface area (Å²) < 4.78 is 29.6. The molecule has 0 radical (unpaired) electrons. The molecule has 21 heavy (non-hydrogen) atoms. The number of sulfone groups is 1. The lowest BCUT2D eigenvalue weighted by Crippen LogP contribution is -2.36. The number of nitrogens with zero attached hydrogens (tertiary/aromatic N) is 1. The first-order valence-corrected chi connectivity index (χ1v) is 8.45. The first-order chi connectivity index (χ1) is 9.99. The van der Waals surface area contributed by atoms with Crippen molar-refractivity contribution in [2.45, 2.75) is 4.90 Å². The first-order valence-electron chi connectivity index (χ1n) is 6.80. The predicted molar refractivity (Wildman–Crippen MR) is 76.9 cm³/mol. The van der Waals surface area contributed by atoms with Crippen LogP contribution in [-0.2, 0) is 19.4 Å². The average Bonchev–Trinajstić information content (AvgIpc) is 2.72. The van der Waals surface area contributed by atoms with Gasteiger partial charge in [-0.3, -0.25) is 9.69 Å². The maximum Gasteiger partial charge on any atom is 0.310 e. The summed E-state index contributed by atoms with van der Waals surface area (Å²) in [6, 6.07) is 8.28. The van der Waals surface area contributed by atoms with Crippen molar-refractivity contribution in [1.82, 2.24) is 4.90 Å². The number of aliphatic carboxylic acids is 1. The topological polar surface area (TPSA) is 83.9 Å². The van der Waals surface area contributed by atoms with Crippen LogP contribution in [0.15, 0.2) is 35.2 Å². The van der Waals surface area contributed by atoms with E-state index in [-0.39, 0.29) is 12.4 Å². The van der Waals surface area contributed by atoms with Crippen LogP contribution >= 0.6 is 0 Å². The van der Waals surface area contributed by atoms with Crippen LogP contribution in [0.1, 0.15) is 0 Å². The van der Waals surface area contributed by atoms with Crippen molar-refractivity contribution >= 4 is 15.8 Å². The van der Waals surface area contributed by atoms with Crippen LogP contribution in [0.4, 0.5) is 0 Å². The molecule has 6 nitrogen and oxygen atoms in total. The SMILES string of the molecule is O=C(O)C1COCCN(CCS(=O)(=O)c2ccccc2)C1. The van der Waals surface area contributed by atoms with Gasteiger partial charge in [-0.15, -0.1) is 0 Å². The smallest absolute Gasteiger partial charge is 0.310 e. The third-order valence-corrected chi connectivity index (χ3v) is 5.19. The van der Waals surface area contributed by atoms with Crippen LogP contribution in [0.25, 0.3) is 0 Å². The lowest BCUT2D eigenvalue weighted by molar-refractivity contribution is -0.143. The standard InChI is InChI=1S/C14H19NO5S/c16-14(17)12-10-15(6-8-20-11-12)7-9-21(18,19)13-4-2-1-3-5-13/h1-5,12H,6-11H2,(H,16,17). The summed E-state index contributed by atoms with van der Waals surface area (Å²) in [6.07, 6.45) is 0. The molecular formula is C14H19NO5S. The molecule has 1 unspecified atom stereocenters. The molecule has 2 rings (SSSR count). The number of hydrogen-bond acceptors (Lipinski definition) is 5. The third kappa shape index (κ3) is 4.52. The van der Waals surface area contributed by atoms with Crippen LogP contribution in [-0.4, -0.2) is 63.0 Å². The summed E-state index contributed by atoms with van der Waals surface area (Å²) in [6.45, 7) is 1.78. The van der Waals surface area contributed by atoms with Crippen molar-refractivity contribution < 1.29 is 23.1 Å². The number of ether oxygens (including phenoxy) is 1. The Kier molecular flexibility index (Phi) is 5.33. The van der Waals surface area contributed by atoms with E-state index in [2.05, 4.69) is 0 Å². The lowest BCUT2D eigenvalue weighted by atomic mass is 10.1. The Morgan fingerprint density at radius 2 is 2.05 bits per heavy atom. The molecule has 1 aromatic rings. The molecule has 1 heterocycles. The highest BCUT2D eigenvalue weighted by Gasteiger charge is 2.25. The van der Waals surface area contributed by atoms with Crippen LogP contribution in [0, 0.1) is 5.92 Å². The number of benzene rings is 1. The zero-order valence-electron chi connectivity index (χ0n) is 11.6. The summed E-state index contributed by atoms with van der Waals surface area (Å²) >= 11 is 0. The Hall–Kier alpha value is -1.44. The highest BCUT2D eigenvalue weighted by atomic mass is 32.2. The van der Waals surface area contributed by atoms with Gasteiger partial charge in [0, 0.05) is 19.6 Å².